The third-order valence-electron chi connectivity index (χ3n) is 6.25. The van der Waals surface area contributed by atoms with Crippen LogP contribution in [0.5, 0.6) is 5.75 Å². The minimum Gasteiger partial charge on any atom is -0.507 e. The fraction of sp³-hybridized carbons (Fsp3) is 0.435. The molecule has 2 aromatic heterocycles. The summed E-state index contributed by atoms with van der Waals surface area (Å²) in [6.45, 7) is 5.60. The van der Waals surface area contributed by atoms with E-state index in [-0.39, 0.29) is 5.75 Å². The summed E-state index contributed by atoms with van der Waals surface area (Å²) in [5.41, 5.74) is 1.90. The van der Waals surface area contributed by atoms with Crippen LogP contribution in [0.2, 0.25) is 0 Å². The number of thiazole rings is 1. The summed E-state index contributed by atoms with van der Waals surface area (Å²) in [4.78, 5) is 7.32. The van der Waals surface area contributed by atoms with E-state index in [1.165, 1.54) is 42.7 Å². The summed E-state index contributed by atoms with van der Waals surface area (Å²) in [7, 11) is 0. The minimum atomic E-state index is -0.408. The largest absolute Gasteiger partial charge is 0.507 e. The number of aromatic hydroxyl groups is 1. The van der Waals surface area contributed by atoms with Crippen LogP contribution in [0.15, 0.2) is 24.3 Å². The second-order valence-electron chi connectivity index (χ2n) is 8.50. The van der Waals surface area contributed by atoms with Crippen LogP contribution in [0.4, 0.5) is 10.2 Å². The predicted molar refractivity (Wildman–Crippen MR) is 121 cm³/mol. The van der Waals surface area contributed by atoms with Crippen molar-refractivity contribution in [3.8, 4) is 27.4 Å². The molecule has 5 rings (SSSR count). The number of halogens is 1. The van der Waals surface area contributed by atoms with Crippen LogP contribution in [-0.2, 0) is 0 Å². The SMILES string of the molecule is Cc1nc(C)c(-c2cc(O)c(-c3ccc(N4CC[C@H](NC5CCC5)C4)nn3)cc2F)s1. The Morgan fingerprint density at radius 1 is 1.10 bits per heavy atom. The minimum absolute atomic E-state index is 0.0187. The van der Waals surface area contributed by atoms with Gasteiger partial charge in [-0.15, -0.1) is 21.5 Å². The van der Waals surface area contributed by atoms with Gasteiger partial charge in [-0.1, -0.05) is 6.42 Å². The number of hydrogen-bond acceptors (Lipinski definition) is 7. The molecule has 0 spiro atoms. The van der Waals surface area contributed by atoms with E-state index < -0.39 is 5.82 Å². The molecular formula is C23H26FN5OS. The van der Waals surface area contributed by atoms with Gasteiger partial charge in [-0.3, -0.25) is 0 Å². The first-order chi connectivity index (χ1) is 15.0. The van der Waals surface area contributed by atoms with Crippen molar-refractivity contribution in [1.29, 1.82) is 0 Å². The normalized spacial score (nSPS) is 19.1. The molecule has 8 heteroatoms. The molecule has 1 saturated heterocycles. The van der Waals surface area contributed by atoms with Gasteiger partial charge in [-0.25, -0.2) is 9.37 Å². The van der Waals surface area contributed by atoms with Gasteiger partial charge >= 0.3 is 0 Å². The fourth-order valence-electron chi connectivity index (χ4n) is 4.37. The quantitative estimate of drug-likeness (QED) is 0.612. The van der Waals surface area contributed by atoms with Crippen molar-refractivity contribution < 1.29 is 9.50 Å². The summed E-state index contributed by atoms with van der Waals surface area (Å²) >= 11 is 1.42. The van der Waals surface area contributed by atoms with Gasteiger partial charge in [0.25, 0.3) is 0 Å². The number of aryl methyl sites for hydroxylation is 2. The first-order valence-corrected chi connectivity index (χ1v) is 11.6. The van der Waals surface area contributed by atoms with Crippen molar-refractivity contribution in [3.05, 3.63) is 40.8 Å². The Kier molecular flexibility index (Phi) is 5.35. The Labute approximate surface area is 185 Å². The van der Waals surface area contributed by atoms with E-state index in [1.54, 1.807) is 6.07 Å². The van der Waals surface area contributed by atoms with Crippen LogP contribution in [-0.4, -0.2) is 45.5 Å². The highest BCUT2D eigenvalue weighted by molar-refractivity contribution is 7.15. The molecule has 3 aromatic rings. The number of benzene rings is 1. The van der Waals surface area contributed by atoms with Gasteiger partial charge in [0, 0.05) is 36.3 Å². The lowest BCUT2D eigenvalue weighted by Gasteiger charge is -2.29. The first-order valence-electron chi connectivity index (χ1n) is 10.8. The third-order valence-corrected chi connectivity index (χ3v) is 7.35. The molecule has 1 aliphatic heterocycles. The number of rotatable bonds is 5. The van der Waals surface area contributed by atoms with E-state index in [0.29, 0.717) is 28.9 Å². The lowest BCUT2D eigenvalue weighted by Crippen LogP contribution is -2.43. The zero-order valence-corrected chi connectivity index (χ0v) is 18.5. The van der Waals surface area contributed by atoms with E-state index in [1.807, 2.05) is 19.9 Å². The van der Waals surface area contributed by atoms with Gasteiger partial charge in [-0.2, -0.15) is 0 Å². The molecular weight excluding hydrogens is 413 g/mol. The Hall–Kier alpha value is -2.58. The Morgan fingerprint density at radius 3 is 2.58 bits per heavy atom. The van der Waals surface area contributed by atoms with Gasteiger partial charge in [0.15, 0.2) is 5.82 Å². The zero-order valence-electron chi connectivity index (χ0n) is 17.7. The topological polar surface area (TPSA) is 74.2 Å². The van der Waals surface area contributed by atoms with Crippen molar-refractivity contribution in [2.75, 3.05) is 18.0 Å². The van der Waals surface area contributed by atoms with E-state index in [0.717, 1.165) is 40.9 Å². The van der Waals surface area contributed by atoms with Crippen molar-refractivity contribution in [3.63, 3.8) is 0 Å². The number of aromatic nitrogens is 3. The van der Waals surface area contributed by atoms with Crippen LogP contribution >= 0.6 is 11.3 Å². The number of phenolic OH excluding ortho intramolecular Hbond substituents is 1. The lowest BCUT2D eigenvalue weighted by molar-refractivity contribution is 0.311. The van der Waals surface area contributed by atoms with Crippen LogP contribution in [0.3, 0.4) is 0 Å². The number of hydrogen-bond donors (Lipinski definition) is 2. The molecule has 2 aliphatic rings. The average molecular weight is 440 g/mol. The van der Waals surface area contributed by atoms with E-state index in [9.17, 15) is 9.50 Å². The zero-order chi connectivity index (χ0) is 21.5. The standard InChI is InChI=1S/C23H26FN5OS/c1-13-23(31-14(2)25-13)17-11-21(30)18(10-19(17)24)20-6-7-22(28-27-20)29-9-8-16(12-29)26-15-4-3-5-15/h6-7,10-11,15-16,26,30H,3-5,8-9,12H2,1-2H3/t16-/m0/s1. The Bertz CT molecular complexity index is 1100. The second-order valence-corrected chi connectivity index (χ2v) is 9.70. The van der Waals surface area contributed by atoms with Crippen LogP contribution < -0.4 is 10.2 Å². The highest BCUT2D eigenvalue weighted by atomic mass is 32.1. The van der Waals surface area contributed by atoms with Crippen molar-refractivity contribution in [2.45, 2.75) is 51.6 Å². The maximum atomic E-state index is 14.9. The summed E-state index contributed by atoms with van der Waals surface area (Å²) in [5, 5.41) is 23.8. The van der Waals surface area contributed by atoms with Crippen LogP contribution in [0, 0.1) is 19.7 Å². The average Bonchev–Trinajstić information content (AvgIpc) is 3.32. The third kappa shape index (κ3) is 4.02. The van der Waals surface area contributed by atoms with Crippen LogP contribution in [0.25, 0.3) is 21.7 Å². The molecule has 3 heterocycles. The van der Waals surface area contributed by atoms with Gasteiger partial charge in [0.2, 0.25) is 0 Å². The van der Waals surface area contributed by atoms with E-state index in [2.05, 4.69) is 25.4 Å². The molecule has 1 aliphatic carbocycles. The number of anilines is 1. The van der Waals surface area contributed by atoms with Crippen molar-refractivity contribution in [1.82, 2.24) is 20.5 Å². The van der Waals surface area contributed by atoms with Crippen molar-refractivity contribution >= 4 is 17.2 Å². The number of nitrogens with zero attached hydrogens (tertiary/aromatic N) is 4. The molecule has 1 aromatic carbocycles. The van der Waals surface area contributed by atoms with Gasteiger partial charge in [0.1, 0.15) is 11.6 Å². The summed E-state index contributed by atoms with van der Waals surface area (Å²) < 4.78 is 14.9. The molecule has 162 valence electrons. The van der Waals surface area contributed by atoms with E-state index in [4.69, 9.17) is 0 Å². The molecule has 2 N–H and O–H groups in total. The van der Waals surface area contributed by atoms with Crippen molar-refractivity contribution in [2.24, 2.45) is 0 Å². The predicted octanol–water partition coefficient (Wildman–Crippen LogP) is 4.45. The highest BCUT2D eigenvalue weighted by Gasteiger charge is 2.28. The molecule has 31 heavy (non-hydrogen) atoms. The molecule has 1 saturated carbocycles. The summed E-state index contributed by atoms with van der Waals surface area (Å²) in [6, 6.07) is 7.66. The fourth-order valence-corrected chi connectivity index (χ4v) is 5.31. The summed E-state index contributed by atoms with van der Waals surface area (Å²) in [5.74, 6) is 0.388. The molecule has 1 atom stereocenters. The molecule has 0 amide bonds. The number of nitrogens with one attached hydrogen (secondary N) is 1. The molecule has 0 radical (unpaired) electrons. The van der Waals surface area contributed by atoms with Gasteiger partial charge in [0.05, 0.1) is 21.3 Å². The number of phenols is 1. The second kappa shape index (κ2) is 8.16. The first kappa shape index (κ1) is 20.3. The summed E-state index contributed by atoms with van der Waals surface area (Å²) in [6.07, 6.45) is 5.00. The monoisotopic (exact) mass is 439 g/mol. The maximum absolute atomic E-state index is 14.9. The molecule has 0 unspecified atom stereocenters. The van der Waals surface area contributed by atoms with Gasteiger partial charge < -0.3 is 15.3 Å². The lowest BCUT2D eigenvalue weighted by atomic mass is 9.92. The Balaban J connectivity index is 1.34. The maximum Gasteiger partial charge on any atom is 0.151 e. The van der Waals surface area contributed by atoms with Gasteiger partial charge in [-0.05, 0) is 57.4 Å². The van der Waals surface area contributed by atoms with Crippen LogP contribution in [0.1, 0.15) is 36.4 Å². The van der Waals surface area contributed by atoms with E-state index >= 15 is 0 Å². The Morgan fingerprint density at radius 2 is 1.94 bits per heavy atom. The molecule has 0 bridgehead atoms. The molecule has 2 fully saturated rings. The smallest absolute Gasteiger partial charge is 0.151 e. The highest BCUT2D eigenvalue weighted by Crippen LogP contribution is 2.38. The molecule has 6 nitrogen and oxygen atoms in total.